The first-order valence-corrected chi connectivity index (χ1v) is 4.73. The van der Waals surface area contributed by atoms with Crippen LogP contribution in [0.4, 0.5) is 0 Å². The van der Waals surface area contributed by atoms with E-state index in [4.69, 9.17) is 9.47 Å². The number of ether oxygens (including phenoxy) is 2. The van der Waals surface area contributed by atoms with Gasteiger partial charge >= 0.3 is 0 Å². The summed E-state index contributed by atoms with van der Waals surface area (Å²) in [5.41, 5.74) is 0. The molecule has 0 radical (unpaired) electrons. The second-order valence-corrected chi connectivity index (χ2v) is 4.52. The van der Waals surface area contributed by atoms with Crippen LogP contribution < -0.4 is 5.32 Å². The van der Waals surface area contributed by atoms with E-state index in [2.05, 4.69) is 5.32 Å². The molecule has 1 N–H and O–H groups in total. The van der Waals surface area contributed by atoms with Gasteiger partial charge in [-0.2, -0.15) is 0 Å². The van der Waals surface area contributed by atoms with Gasteiger partial charge in [-0.1, -0.05) is 0 Å². The molecule has 0 aromatic carbocycles. The number of fused-ring (bicyclic) bond motifs is 5. The van der Waals surface area contributed by atoms with E-state index in [0.29, 0.717) is 0 Å². The molecule has 0 aromatic rings. The maximum Gasteiger partial charge on any atom is 0.226 e. The molecule has 4 heteroatoms. The molecule has 0 aromatic heterocycles. The SMILES string of the molecule is CC1(C)O[C@@H]2[C@@H](O1)[C@H]1C[C@H]2NC1=O. The number of hydrogen-bond donors (Lipinski definition) is 1. The summed E-state index contributed by atoms with van der Waals surface area (Å²) in [6.07, 6.45) is 0.955. The standard InChI is InChI=1S/C9H13NO3/c1-9(2)12-6-4-3-5(7(6)13-9)10-8(4)11/h4-7H,3H2,1-2H3,(H,10,11)/t4-,5-,6+,7+/m1/s1. The lowest BCUT2D eigenvalue weighted by Gasteiger charge is -2.21. The van der Waals surface area contributed by atoms with Crippen molar-refractivity contribution < 1.29 is 14.3 Å². The Morgan fingerprint density at radius 2 is 2.08 bits per heavy atom. The highest BCUT2D eigenvalue weighted by Crippen LogP contribution is 2.44. The molecule has 2 heterocycles. The van der Waals surface area contributed by atoms with Gasteiger partial charge in [0.05, 0.1) is 12.0 Å². The monoisotopic (exact) mass is 183 g/mol. The average molecular weight is 183 g/mol. The predicted octanol–water partition coefficient (Wildman–Crippen LogP) is 0.0248. The molecule has 0 unspecified atom stereocenters. The molecule has 2 bridgehead atoms. The first-order chi connectivity index (χ1) is 6.07. The molecule has 1 amide bonds. The number of rotatable bonds is 0. The molecule has 4 atom stereocenters. The normalized spacial score (nSPS) is 50.8. The number of hydrogen-bond acceptors (Lipinski definition) is 3. The largest absolute Gasteiger partial charge is 0.350 e. The predicted molar refractivity (Wildman–Crippen MR) is 43.9 cm³/mol. The Bertz CT molecular complexity index is 276. The summed E-state index contributed by atoms with van der Waals surface area (Å²) in [6.45, 7) is 3.80. The van der Waals surface area contributed by atoms with Gasteiger partial charge in [0, 0.05) is 0 Å². The van der Waals surface area contributed by atoms with Gasteiger partial charge in [-0.25, -0.2) is 0 Å². The highest BCUT2D eigenvalue weighted by Gasteiger charge is 2.60. The third-order valence-electron chi connectivity index (χ3n) is 3.13. The molecule has 2 aliphatic heterocycles. The Hall–Kier alpha value is -0.610. The number of piperidine rings is 1. The van der Waals surface area contributed by atoms with Gasteiger partial charge in [-0.05, 0) is 20.3 Å². The van der Waals surface area contributed by atoms with Crippen LogP contribution in [0.3, 0.4) is 0 Å². The van der Waals surface area contributed by atoms with Gasteiger partial charge in [-0.15, -0.1) is 0 Å². The average Bonchev–Trinajstić information content (AvgIpc) is 2.56. The molecule has 72 valence electrons. The van der Waals surface area contributed by atoms with Crippen LogP contribution in [0.5, 0.6) is 0 Å². The zero-order valence-electron chi connectivity index (χ0n) is 7.74. The second kappa shape index (κ2) is 2.07. The van der Waals surface area contributed by atoms with Gasteiger partial charge in [0.1, 0.15) is 12.2 Å². The zero-order valence-corrected chi connectivity index (χ0v) is 7.74. The summed E-state index contributed by atoms with van der Waals surface area (Å²) in [4.78, 5) is 11.3. The molecule has 3 aliphatic rings. The van der Waals surface area contributed by atoms with Gasteiger partial charge < -0.3 is 14.8 Å². The van der Waals surface area contributed by atoms with Crippen LogP contribution >= 0.6 is 0 Å². The third-order valence-corrected chi connectivity index (χ3v) is 3.13. The maximum atomic E-state index is 11.3. The zero-order chi connectivity index (χ0) is 9.22. The maximum absolute atomic E-state index is 11.3. The van der Waals surface area contributed by atoms with Crippen molar-refractivity contribution in [2.75, 3.05) is 0 Å². The number of amides is 1. The fourth-order valence-corrected chi connectivity index (χ4v) is 2.67. The molecule has 1 saturated carbocycles. The van der Waals surface area contributed by atoms with Gasteiger partial charge in [0.2, 0.25) is 5.91 Å². The first-order valence-electron chi connectivity index (χ1n) is 4.73. The molecule has 13 heavy (non-hydrogen) atoms. The van der Waals surface area contributed by atoms with Crippen LogP contribution in [0.25, 0.3) is 0 Å². The van der Waals surface area contributed by atoms with Crippen molar-refractivity contribution in [1.82, 2.24) is 5.32 Å². The van der Waals surface area contributed by atoms with E-state index in [9.17, 15) is 4.79 Å². The smallest absolute Gasteiger partial charge is 0.226 e. The molecule has 2 saturated heterocycles. The van der Waals surface area contributed by atoms with Crippen molar-refractivity contribution in [3.8, 4) is 0 Å². The third kappa shape index (κ3) is 0.901. The molecule has 3 rings (SSSR count). The van der Waals surface area contributed by atoms with Crippen molar-refractivity contribution in [1.29, 1.82) is 0 Å². The van der Waals surface area contributed by atoms with Crippen molar-refractivity contribution in [2.45, 2.75) is 44.3 Å². The quantitative estimate of drug-likeness (QED) is 0.576. The first kappa shape index (κ1) is 7.76. The Kier molecular flexibility index (Phi) is 1.23. The van der Waals surface area contributed by atoms with Crippen molar-refractivity contribution in [3.05, 3.63) is 0 Å². The van der Waals surface area contributed by atoms with E-state index >= 15 is 0 Å². The molecular weight excluding hydrogens is 170 g/mol. The molecule has 1 aliphatic carbocycles. The van der Waals surface area contributed by atoms with Crippen LogP contribution in [0.15, 0.2) is 0 Å². The summed E-state index contributed by atoms with van der Waals surface area (Å²) in [5.74, 6) is -0.359. The number of carbonyl (C=O) groups is 1. The minimum atomic E-state index is -0.515. The van der Waals surface area contributed by atoms with Crippen LogP contribution in [0.2, 0.25) is 0 Å². The Labute approximate surface area is 76.6 Å². The fraction of sp³-hybridized carbons (Fsp3) is 0.889. The van der Waals surface area contributed by atoms with Crippen LogP contribution in [-0.2, 0) is 14.3 Å². The van der Waals surface area contributed by atoms with E-state index < -0.39 is 5.79 Å². The van der Waals surface area contributed by atoms with Crippen LogP contribution in [0.1, 0.15) is 20.3 Å². The van der Waals surface area contributed by atoms with Gasteiger partial charge in [0.25, 0.3) is 0 Å². The van der Waals surface area contributed by atoms with Crippen LogP contribution in [-0.4, -0.2) is 29.9 Å². The van der Waals surface area contributed by atoms with E-state index in [1.54, 1.807) is 0 Å². The summed E-state index contributed by atoms with van der Waals surface area (Å²) in [6, 6.07) is 0.185. The summed E-state index contributed by atoms with van der Waals surface area (Å²) >= 11 is 0. The number of carbonyl (C=O) groups excluding carboxylic acids is 1. The summed E-state index contributed by atoms with van der Waals surface area (Å²) < 4.78 is 11.4. The Morgan fingerprint density at radius 1 is 1.38 bits per heavy atom. The van der Waals surface area contributed by atoms with Gasteiger partial charge in [-0.3, -0.25) is 4.79 Å². The highest BCUT2D eigenvalue weighted by molar-refractivity contribution is 5.83. The molecular formula is C9H13NO3. The minimum Gasteiger partial charge on any atom is -0.350 e. The van der Waals surface area contributed by atoms with E-state index in [0.717, 1.165) is 6.42 Å². The van der Waals surface area contributed by atoms with E-state index in [-0.39, 0.29) is 30.1 Å². The Morgan fingerprint density at radius 3 is 2.85 bits per heavy atom. The lowest BCUT2D eigenvalue weighted by atomic mass is 10.0. The van der Waals surface area contributed by atoms with Crippen molar-refractivity contribution >= 4 is 5.91 Å². The van der Waals surface area contributed by atoms with E-state index in [1.807, 2.05) is 13.8 Å². The van der Waals surface area contributed by atoms with Crippen molar-refractivity contribution in [3.63, 3.8) is 0 Å². The minimum absolute atomic E-state index is 0.00579. The van der Waals surface area contributed by atoms with Crippen molar-refractivity contribution in [2.24, 2.45) is 5.92 Å². The Balaban J connectivity index is 1.91. The second-order valence-electron chi connectivity index (χ2n) is 4.52. The number of nitrogens with one attached hydrogen (secondary N) is 1. The van der Waals surface area contributed by atoms with Crippen LogP contribution in [0, 0.1) is 5.92 Å². The van der Waals surface area contributed by atoms with E-state index in [1.165, 1.54) is 0 Å². The fourth-order valence-electron chi connectivity index (χ4n) is 2.67. The molecule has 3 fully saturated rings. The highest BCUT2D eigenvalue weighted by atomic mass is 16.8. The molecule has 0 spiro atoms. The summed E-state index contributed by atoms with van der Waals surface area (Å²) in [5, 5.41) is 2.92. The topological polar surface area (TPSA) is 47.6 Å². The molecule has 4 nitrogen and oxygen atoms in total. The lowest BCUT2D eigenvalue weighted by molar-refractivity contribution is -0.155. The lowest BCUT2D eigenvalue weighted by Crippen LogP contribution is -2.47. The summed E-state index contributed by atoms with van der Waals surface area (Å²) in [7, 11) is 0. The van der Waals surface area contributed by atoms with Gasteiger partial charge in [0.15, 0.2) is 5.79 Å².